The molecule has 48 heavy (non-hydrogen) atoms. The van der Waals surface area contributed by atoms with Crippen molar-refractivity contribution in [2.75, 3.05) is 38.0 Å². The monoisotopic (exact) mass is 675 g/mol. The van der Waals surface area contributed by atoms with Crippen LogP contribution in [0.2, 0.25) is 5.02 Å². The van der Waals surface area contributed by atoms with Gasteiger partial charge < -0.3 is 29.9 Å². The average molecular weight is 676 g/mol. The molecule has 5 rings (SSSR count). The van der Waals surface area contributed by atoms with Crippen molar-refractivity contribution in [2.45, 2.75) is 71.1 Å². The second-order valence-corrected chi connectivity index (χ2v) is 14.1. The number of piperazine rings is 1. The maximum atomic E-state index is 14.1. The molecule has 2 fully saturated rings. The molecule has 10 heteroatoms. The number of esters is 1. The largest absolute Gasteiger partial charge is 0.508 e. The average Bonchev–Trinajstić information content (AvgIpc) is 3.07. The van der Waals surface area contributed by atoms with Crippen molar-refractivity contribution >= 4 is 35.2 Å². The Balaban J connectivity index is 1.27. The number of hydrogen-bond donors (Lipinski definition) is 3. The minimum atomic E-state index is -0.815. The van der Waals surface area contributed by atoms with Gasteiger partial charge in [-0.1, -0.05) is 55.1 Å². The zero-order valence-electron chi connectivity index (χ0n) is 28.0. The lowest BCUT2D eigenvalue weighted by Gasteiger charge is -2.47. The summed E-state index contributed by atoms with van der Waals surface area (Å²) in [7, 11) is 0. The number of quaternary nitrogens is 1. The van der Waals surface area contributed by atoms with E-state index in [1.165, 1.54) is 37.7 Å². The molecule has 1 aliphatic heterocycles. The molecular formula is C38H48ClN4O5+. The Morgan fingerprint density at radius 1 is 0.896 bits per heavy atom. The summed E-state index contributed by atoms with van der Waals surface area (Å²) in [5.41, 5.74) is 2.94. The Kier molecular flexibility index (Phi) is 12.0. The number of amides is 3. The van der Waals surface area contributed by atoms with Gasteiger partial charge in [0.25, 0.3) is 0 Å². The van der Waals surface area contributed by atoms with Gasteiger partial charge in [0.05, 0.1) is 44.4 Å². The first-order chi connectivity index (χ1) is 23.1. The standard InChI is InChI=1S/C38H47ClN4O5/c1-27(2)48-37(46)31-12-16-33(17-13-31)40-38(47)41-35(24-28-10-18-34(44)19-11-28)36(45)42-20-22-43(23-21-42,25-29-6-4-3-5-7-29)26-30-8-14-32(39)15-9-30/h8-19,27,29,35H,3-7,20-26H2,1-2H3,(H2-,40,41,44,46,47)/p+1/t35-/m0/s1. The summed E-state index contributed by atoms with van der Waals surface area (Å²) in [4.78, 5) is 41.5. The molecule has 3 N–H and O–H groups in total. The van der Waals surface area contributed by atoms with Crippen molar-refractivity contribution in [1.82, 2.24) is 10.2 Å². The highest BCUT2D eigenvalue weighted by molar-refractivity contribution is 6.30. The maximum Gasteiger partial charge on any atom is 0.338 e. The van der Waals surface area contributed by atoms with E-state index in [1.807, 2.05) is 17.0 Å². The number of nitrogens with one attached hydrogen (secondary N) is 2. The van der Waals surface area contributed by atoms with E-state index in [4.69, 9.17) is 16.3 Å². The zero-order chi connectivity index (χ0) is 34.1. The van der Waals surface area contributed by atoms with Crippen LogP contribution in [-0.4, -0.2) is 77.3 Å². The van der Waals surface area contributed by atoms with Gasteiger partial charge in [-0.05, 0) is 80.8 Å². The van der Waals surface area contributed by atoms with Crippen LogP contribution in [0.25, 0.3) is 0 Å². The van der Waals surface area contributed by atoms with Crippen LogP contribution in [0.3, 0.4) is 0 Å². The number of carbonyl (C=O) groups is 3. The minimum absolute atomic E-state index is 0.132. The Morgan fingerprint density at radius 3 is 2.15 bits per heavy atom. The van der Waals surface area contributed by atoms with Crippen molar-refractivity contribution in [1.29, 1.82) is 0 Å². The van der Waals surface area contributed by atoms with Gasteiger partial charge in [0.1, 0.15) is 18.3 Å². The van der Waals surface area contributed by atoms with Crippen LogP contribution in [0.1, 0.15) is 67.4 Å². The third-order valence-electron chi connectivity index (χ3n) is 9.50. The van der Waals surface area contributed by atoms with E-state index in [0.29, 0.717) is 30.3 Å². The third kappa shape index (κ3) is 9.97. The summed E-state index contributed by atoms with van der Waals surface area (Å²) in [6.45, 7) is 8.46. The van der Waals surface area contributed by atoms with Crippen molar-refractivity contribution in [3.8, 4) is 5.75 Å². The molecule has 1 heterocycles. The van der Waals surface area contributed by atoms with E-state index >= 15 is 0 Å². The maximum absolute atomic E-state index is 14.1. The zero-order valence-corrected chi connectivity index (χ0v) is 28.8. The summed E-state index contributed by atoms with van der Waals surface area (Å²) in [5, 5.41) is 16.2. The molecule has 2 aliphatic rings. The van der Waals surface area contributed by atoms with Gasteiger partial charge in [0, 0.05) is 28.6 Å². The molecule has 1 aliphatic carbocycles. The second-order valence-electron chi connectivity index (χ2n) is 13.6. The fourth-order valence-electron chi connectivity index (χ4n) is 6.99. The van der Waals surface area contributed by atoms with Crippen LogP contribution in [0, 0.1) is 5.92 Å². The normalized spacial score (nSPS) is 17.0. The molecule has 0 unspecified atom stereocenters. The summed E-state index contributed by atoms with van der Waals surface area (Å²) in [6, 6.07) is 19.9. The number of carbonyl (C=O) groups excluding carboxylic acids is 3. The first kappa shape index (κ1) is 35.2. The van der Waals surface area contributed by atoms with E-state index in [-0.39, 0.29) is 24.2 Å². The van der Waals surface area contributed by atoms with E-state index in [0.717, 1.165) is 41.2 Å². The van der Waals surface area contributed by atoms with Crippen LogP contribution in [0.5, 0.6) is 5.75 Å². The molecule has 1 atom stereocenters. The smallest absolute Gasteiger partial charge is 0.338 e. The molecule has 1 saturated heterocycles. The lowest BCUT2D eigenvalue weighted by molar-refractivity contribution is -0.947. The Bertz CT molecular complexity index is 1510. The van der Waals surface area contributed by atoms with Gasteiger partial charge in [-0.2, -0.15) is 0 Å². The molecule has 256 valence electrons. The third-order valence-corrected chi connectivity index (χ3v) is 9.75. The predicted octanol–water partition coefficient (Wildman–Crippen LogP) is 6.78. The van der Waals surface area contributed by atoms with Gasteiger partial charge in [0.15, 0.2) is 0 Å². The van der Waals surface area contributed by atoms with Crippen molar-refractivity contribution in [3.63, 3.8) is 0 Å². The number of phenolic OH excluding ortho intramolecular Hbond substituents is 1. The van der Waals surface area contributed by atoms with E-state index in [1.54, 1.807) is 62.4 Å². The van der Waals surface area contributed by atoms with Crippen molar-refractivity contribution in [3.05, 3.63) is 94.5 Å². The summed E-state index contributed by atoms with van der Waals surface area (Å²) in [5.74, 6) is 0.260. The number of benzene rings is 3. The highest BCUT2D eigenvalue weighted by atomic mass is 35.5. The molecule has 0 aromatic heterocycles. The number of phenols is 1. The van der Waals surface area contributed by atoms with Gasteiger partial charge in [0.2, 0.25) is 5.91 Å². The summed E-state index contributed by atoms with van der Waals surface area (Å²) < 4.78 is 6.18. The van der Waals surface area contributed by atoms with E-state index in [9.17, 15) is 19.5 Å². The predicted molar refractivity (Wildman–Crippen MR) is 188 cm³/mol. The number of hydrogen-bond acceptors (Lipinski definition) is 5. The highest BCUT2D eigenvalue weighted by Gasteiger charge is 2.39. The topological polar surface area (TPSA) is 108 Å². The number of urea groups is 1. The molecular weight excluding hydrogens is 628 g/mol. The Labute approximate surface area is 288 Å². The highest BCUT2D eigenvalue weighted by Crippen LogP contribution is 2.30. The van der Waals surface area contributed by atoms with Gasteiger partial charge in [-0.3, -0.25) is 4.79 Å². The molecule has 1 saturated carbocycles. The molecule has 3 aromatic rings. The van der Waals surface area contributed by atoms with Gasteiger partial charge >= 0.3 is 12.0 Å². The molecule has 3 amide bonds. The fourth-order valence-corrected chi connectivity index (χ4v) is 7.12. The first-order valence-electron chi connectivity index (χ1n) is 17.1. The SMILES string of the molecule is CC(C)OC(=O)c1ccc(NC(=O)N[C@@H](Cc2ccc(O)cc2)C(=O)N2CC[N+](Cc3ccc(Cl)cc3)(CC3CCCCC3)CC2)cc1. The Morgan fingerprint density at radius 2 is 1.52 bits per heavy atom. The fraction of sp³-hybridized carbons (Fsp3) is 0.447. The molecule has 9 nitrogen and oxygen atoms in total. The van der Waals surface area contributed by atoms with Gasteiger partial charge in [-0.15, -0.1) is 0 Å². The number of halogens is 1. The summed E-state index contributed by atoms with van der Waals surface area (Å²) in [6.07, 6.45) is 6.46. The van der Waals surface area contributed by atoms with Crippen LogP contribution < -0.4 is 10.6 Å². The molecule has 0 radical (unpaired) electrons. The van der Waals surface area contributed by atoms with Gasteiger partial charge in [-0.25, -0.2) is 9.59 Å². The molecule has 0 spiro atoms. The van der Waals surface area contributed by atoms with Crippen LogP contribution >= 0.6 is 11.6 Å². The van der Waals surface area contributed by atoms with Crippen LogP contribution in [0.4, 0.5) is 10.5 Å². The molecule has 3 aromatic carbocycles. The van der Waals surface area contributed by atoms with Crippen LogP contribution in [-0.2, 0) is 22.5 Å². The number of aromatic hydroxyl groups is 1. The number of nitrogens with zero attached hydrogens (tertiary/aromatic N) is 2. The molecule has 0 bridgehead atoms. The quantitative estimate of drug-likeness (QED) is 0.153. The number of ether oxygens (including phenoxy) is 1. The first-order valence-corrected chi connectivity index (χ1v) is 17.5. The van der Waals surface area contributed by atoms with Crippen molar-refractivity contribution < 1.29 is 28.7 Å². The summed E-state index contributed by atoms with van der Waals surface area (Å²) >= 11 is 6.19. The lowest BCUT2D eigenvalue weighted by atomic mass is 9.87. The Hall–Kier alpha value is -4.08. The van der Waals surface area contributed by atoms with Crippen LogP contribution in [0.15, 0.2) is 72.8 Å². The van der Waals surface area contributed by atoms with E-state index < -0.39 is 18.0 Å². The second kappa shape index (κ2) is 16.3. The van der Waals surface area contributed by atoms with E-state index in [2.05, 4.69) is 22.8 Å². The minimum Gasteiger partial charge on any atom is -0.508 e. The van der Waals surface area contributed by atoms with Crippen molar-refractivity contribution in [2.24, 2.45) is 5.92 Å². The number of rotatable bonds is 11. The number of anilines is 1. The lowest BCUT2D eigenvalue weighted by Crippen LogP contribution is -2.63.